The lowest BCUT2D eigenvalue weighted by Crippen LogP contribution is -2.28. The van der Waals surface area contributed by atoms with E-state index >= 15 is 0 Å². The molecule has 0 atom stereocenters. The minimum absolute atomic E-state index is 0.573. The summed E-state index contributed by atoms with van der Waals surface area (Å²) in [7, 11) is 0. The van der Waals surface area contributed by atoms with Crippen molar-refractivity contribution in [2.24, 2.45) is 0 Å². The summed E-state index contributed by atoms with van der Waals surface area (Å²) < 4.78 is 0.957. The lowest BCUT2D eigenvalue weighted by Gasteiger charge is -2.12. The number of nitrogens with one attached hydrogen (secondary N) is 2. The van der Waals surface area contributed by atoms with Gasteiger partial charge in [0, 0.05) is 17.2 Å². The molecule has 104 valence electrons. The smallest absolute Gasteiger partial charge is 0.172 e. The summed E-state index contributed by atoms with van der Waals surface area (Å²) in [6, 6.07) is 10.4. The van der Waals surface area contributed by atoms with Crippen molar-refractivity contribution in [3.63, 3.8) is 0 Å². The summed E-state index contributed by atoms with van der Waals surface area (Å²) in [4.78, 5) is 4.30. The Kier molecular flexibility index (Phi) is 5.09. The maximum atomic E-state index is 5.28. The number of aromatic nitrogens is 1. The third kappa shape index (κ3) is 4.28. The Bertz CT molecular complexity index is 611. The summed E-state index contributed by atoms with van der Waals surface area (Å²) in [5, 5.41) is 6.86. The number of benzene rings is 1. The Balaban J connectivity index is 1.90. The van der Waals surface area contributed by atoms with Crippen LogP contribution in [0.5, 0.6) is 0 Å². The molecular weight excluding hydrogens is 334 g/mol. The Morgan fingerprint density at radius 2 is 1.95 bits per heavy atom. The van der Waals surface area contributed by atoms with Gasteiger partial charge in [-0.3, -0.25) is 0 Å². The van der Waals surface area contributed by atoms with Crippen LogP contribution >= 0.6 is 28.1 Å². The highest BCUT2D eigenvalue weighted by molar-refractivity contribution is 9.10. The fourth-order valence-corrected chi connectivity index (χ4v) is 2.33. The summed E-state index contributed by atoms with van der Waals surface area (Å²) >= 11 is 8.67. The predicted octanol–water partition coefficient (Wildman–Crippen LogP) is 3.95. The zero-order chi connectivity index (χ0) is 14.5. The molecule has 2 rings (SSSR count). The number of halogens is 1. The average Bonchev–Trinajstić information content (AvgIpc) is 2.41. The molecule has 0 spiro atoms. The van der Waals surface area contributed by atoms with Gasteiger partial charge in [-0.25, -0.2) is 4.98 Å². The van der Waals surface area contributed by atoms with E-state index in [0.29, 0.717) is 11.7 Å². The monoisotopic (exact) mass is 349 g/mol. The van der Waals surface area contributed by atoms with Crippen LogP contribution in [0.3, 0.4) is 0 Å². The van der Waals surface area contributed by atoms with Crippen molar-refractivity contribution in [1.29, 1.82) is 0 Å². The van der Waals surface area contributed by atoms with Crippen molar-refractivity contribution in [2.75, 3.05) is 5.32 Å². The van der Waals surface area contributed by atoms with Crippen molar-refractivity contribution in [3.8, 4) is 0 Å². The van der Waals surface area contributed by atoms with Gasteiger partial charge < -0.3 is 10.6 Å². The Morgan fingerprint density at radius 3 is 2.60 bits per heavy atom. The van der Waals surface area contributed by atoms with Gasteiger partial charge in [-0.2, -0.15) is 0 Å². The van der Waals surface area contributed by atoms with E-state index in [1.807, 2.05) is 13.0 Å². The molecule has 0 saturated heterocycles. The first-order valence-electron chi connectivity index (χ1n) is 6.27. The minimum Gasteiger partial charge on any atom is -0.358 e. The second-order valence-electron chi connectivity index (χ2n) is 4.61. The highest BCUT2D eigenvalue weighted by Crippen LogP contribution is 2.16. The lowest BCUT2D eigenvalue weighted by atomic mass is 10.1. The summed E-state index contributed by atoms with van der Waals surface area (Å²) in [5.41, 5.74) is 3.49. The van der Waals surface area contributed by atoms with Gasteiger partial charge in [-0.05, 0) is 59.2 Å². The number of hydrogen-bond donors (Lipinski definition) is 2. The summed E-state index contributed by atoms with van der Waals surface area (Å²) in [6.45, 7) is 4.76. The molecule has 1 heterocycles. The highest BCUT2D eigenvalue weighted by Gasteiger charge is 2.03. The fraction of sp³-hybridized carbons (Fsp3) is 0.200. The van der Waals surface area contributed by atoms with Crippen molar-refractivity contribution < 1.29 is 0 Å². The van der Waals surface area contributed by atoms with Crippen LogP contribution in [-0.2, 0) is 6.54 Å². The van der Waals surface area contributed by atoms with Crippen LogP contribution in [0.15, 0.2) is 41.0 Å². The van der Waals surface area contributed by atoms with Gasteiger partial charge >= 0.3 is 0 Å². The van der Waals surface area contributed by atoms with E-state index in [1.165, 1.54) is 11.1 Å². The molecule has 3 nitrogen and oxygen atoms in total. The molecule has 0 aliphatic carbocycles. The zero-order valence-electron chi connectivity index (χ0n) is 11.4. The predicted molar refractivity (Wildman–Crippen MR) is 90.9 cm³/mol. The minimum atomic E-state index is 0.573. The topological polar surface area (TPSA) is 37.0 Å². The number of pyridine rings is 1. The molecule has 0 amide bonds. The van der Waals surface area contributed by atoms with Crippen molar-refractivity contribution in [2.45, 2.75) is 20.4 Å². The van der Waals surface area contributed by atoms with E-state index < -0.39 is 0 Å². The second-order valence-corrected chi connectivity index (χ2v) is 5.94. The second kappa shape index (κ2) is 6.81. The number of anilines is 1. The molecular formula is C15H16BrN3S. The van der Waals surface area contributed by atoms with Gasteiger partial charge in [0.25, 0.3) is 0 Å². The van der Waals surface area contributed by atoms with Crippen molar-refractivity contribution >= 4 is 39.1 Å². The first-order chi connectivity index (χ1) is 9.54. The standard InChI is InChI=1S/C15H16BrN3S/c1-10-3-5-12(6-4-10)8-18-15(20)19-14-11(2)7-13(16)9-17-14/h3-7,9H,8H2,1-2H3,(H2,17,18,19,20). The third-order valence-corrected chi connectivity index (χ3v) is 3.53. The van der Waals surface area contributed by atoms with Gasteiger partial charge in [0.15, 0.2) is 5.11 Å². The highest BCUT2D eigenvalue weighted by atomic mass is 79.9. The Morgan fingerprint density at radius 1 is 1.25 bits per heavy atom. The van der Waals surface area contributed by atoms with Crippen LogP contribution in [0, 0.1) is 13.8 Å². The number of thiocarbonyl (C=S) groups is 1. The molecule has 2 N–H and O–H groups in total. The van der Waals surface area contributed by atoms with Gasteiger partial charge in [0.2, 0.25) is 0 Å². The molecule has 0 radical (unpaired) electrons. The molecule has 0 aliphatic heterocycles. The average molecular weight is 350 g/mol. The van der Waals surface area contributed by atoms with Crippen molar-refractivity contribution in [3.05, 3.63) is 57.7 Å². The lowest BCUT2D eigenvalue weighted by molar-refractivity contribution is 0.923. The third-order valence-electron chi connectivity index (χ3n) is 2.85. The molecule has 0 fully saturated rings. The SMILES string of the molecule is Cc1ccc(CNC(=S)Nc2ncc(Br)cc2C)cc1. The van der Waals surface area contributed by atoms with E-state index in [-0.39, 0.29) is 0 Å². The largest absolute Gasteiger partial charge is 0.358 e. The quantitative estimate of drug-likeness (QED) is 0.822. The Hall–Kier alpha value is -1.46. The van der Waals surface area contributed by atoms with E-state index in [0.717, 1.165) is 15.9 Å². The molecule has 20 heavy (non-hydrogen) atoms. The molecule has 0 aliphatic rings. The van der Waals surface area contributed by atoms with E-state index in [4.69, 9.17) is 12.2 Å². The van der Waals surface area contributed by atoms with E-state index in [1.54, 1.807) is 6.20 Å². The normalized spacial score (nSPS) is 10.2. The molecule has 0 unspecified atom stereocenters. The van der Waals surface area contributed by atoms with Crippen molar-refractivity contribution in [1.82, 2.24) is 10.3 Å². The maximum absolute atomic E-state index is 5.28. The fourth-order valence-electron chi connectivity index (χ4n) is 1.71. The number of aryl methyl sites for hydroxylation is 2. The van der Waals surface area contributed by atoms with Gasteiger partial charge in [-0.15, -0.1) is 0 Å². The van der Waals surface area contributed by atoms with Crippen LogP contribution in [0.2, 0.25) is 0 Å². The van der Waals surface area contributed by atoms with Gasteiger partial charge in [0.1, 0.15) is 5.82 Å². The molecule has 0 saturated carbocycles. The van der Waals surface area contributed by atoms with Gasteiger partial charge in [-0.1, -0.05) is 29.8 Å². The molecule has 5 heteroatoms. The molecule has 1 aromatic heterocycles. The number of rotatable bonds is 3. The molecule has 1 aromatic carbocycles. The Labute approximate surface area is 132 Å². The van der Waals surface area contributed by atoms with Crippen LogP contribution < -0.4 is 10.6 Å². The van der Waals surface area contributed by atoms with E-state index in [9.17, 15) is 0 Å². The van der Waals surface area contributed by atoms with Crippen LogP contribution in [-0.4, -0.2) is 10.1 Å². The van der Waals surface area contributed by atoms with Gasteiger partial charge in [0.05, 0.1) is 0 Å². The first-order valence-corrected chi connectivity index (χ1v) is 7.47. The van der Waals surface area contributed by atoms with E-state index in [2.05, 4.69) is 62.7 Å². The van der Waals surface area contributed by atoms with Crippen LogP contribution in [0.1, 0.15) is 16.7 Å². The van der Waals surface area contributed by atoms with Crippen LogP contribution in [0.4, 0.5) is 5.82 Å². The molecule has 0 bridgehead atoms. The summed E-state index contributed by atoms with van der Waals surface area (Å²) in [5.74, 6) is 0.773. The molecule has 2 aromatic rings. The maximum Gasteiger partial charge on any atom is 0.172 e. The number of hydrogen-bond acceptors (Lipinski definition) is 2. The summed E-state index contributed by atoms with van der Waals surface area (Å²) in [6.07, 6.45) is 1.75. The first kappa shape index (κ1) is 14.9. The van der Waals surface area contributed by atoms with Crippen LogP contribution in [0.25, 0.3) is 0 Å². The zero-order valence-corrected chi connectivity index (χ0v) is 13.8. The number of nitrogens with zero attached hydrogens (tertiary/aromatic N) is 1.